The van der Waals surface area contributed by atoms with Crippen LogP contribution in [-0.4, -0.2) is 113 Å². The van der Waals surface area contributed by atoms with Crippen LogP contribution in [0.15, 0.2) is 91.0 Å². The molecule has 3 rings (SSSR count). The lowest BCUT2D eigenvalue weighted by Gasteiger charge is -2.26. The van der Waals surface area contributed by atoms with Crippen LogP contribution in [0.3, 0.4) is 0 Å². The number of aldehydes is 1. The molecule has 0 heterocycles. The fourth-order valence-corrected chi connectivity index (χ4v) is 4.53. The monoisotopic (exact) mass is 824 g/mol. The maximum Gasteiger partial charge on any atom is 0.322 e. The van der Waals surface area contributed by atoms with E-state index in [0.717, 1.165) is 16.7 Å². The second-order valence-electron chi connectivity index (χ2n) is 12.1. The first-order valence-electron chi connectivity index (χ1n) is 18.2. The molecule has 0 saturated carbocycles. The second kappa shape index (κ2) is 29.1. The largest absolute Gasteiger partial charge is 0.460 e. The highest BCUT2D eigenvalue weighted by Gasteiger charge is 2.26. The van der Waals surface area contributed by atoms with Crippen LogP contribution in [0.1, 0.15) is 16.7 Å². The normalized spacial score (nSPS) is 11.7. The summed E-state index contributed by atoms with van der Waals surface area (Å²) in [6.45, 7) is -3.75. The summed E-state index contributed by atoms with van der Waals surface area (Å²) in [4.78, 5) is 84.6. The Morgan fingerprint density at radius 2 is 0.814 bits per heavy atom. The predicted molar refractivity (Wildman–Crippen MR) is 204 cm³/mol. The predicted octanol–water partition coefficient (Wildman–Crippen LogP) is -0.918. The summed E-state index contributed by atoms with van der Waals surface area (Å²) < 4.78 is 37.6. The maximum absolute atomic E-state index is 12.6. The van der Waals surface area contributed by atoms with Gasteiger partial charge in [0.25, 0.3) is 17.7 Å². The Morgan fingerprint density at radius 1 is 0.475 bits per heavy atom. The topological polar surface area (TPSA) is 256 Å². The van der Waals surface area contributed by atoms with Crippen molar-refractivity contribution < 1.29 is 66.7 Å². The third kappa shape index (κ3) is 22.4. The van der Waals surface area contributed by atoms with Gasteiger partial charge in [0.15, 0.2) is 0 Å². The number of ether oxygens (including phenoxy) is 7. The molecule has 59 heavy (non-hydrogen) atoms. The number of hydrazine groups is 3. The molecule has 0 aliphatic rings. The maximum atomic E-state index is 12.6. The SMILES string of the molecule is O=CCOC(COCC(=O)NNCC(=O)OCc1ccccc1)C(COCC(=O)NNCC(=O)OCc1ccccc1)OCC(=O)NNCC(=O)OCc1ccccc1. The van der Waals surface area contributed by atoms with Gasteiger partial charge >= 0.3 is 17.9 Å². The summed E-state index contributed by atoms with van der Waals surface area (Å²) in [5.41, 5.74) is 16.5. The zero-order chi connectivity index (χ0) is 42.3. The Morgan fingerprint density at radius 3 is 1.17 bits per heavy atom. The molecule has 3 aromatic rings. The molecule has 6 N–H and O–H groups in total. The number of hydrogen-bond donors (Lipinski definition) is 6. The van der Waals surface area contributed by atoms with E-state index < -0.39 is 74.3 Å². The molecule has 20 nitrogen and oxygen atoms in total. The zero-order valence-electron chi connectivity index (χ0n) is 32.1. The van der Waals surface area contributed by atoms with Crippen LogP contribution in [0, 0.1) is 0 Å². The van der Waals surface area contributed by atoms with Crippen molar-refractivity contribution in [2.24, 2.45) is 0 Å². The molecule has 3 amide bonds. The molecule has 2 unspecified atom stereocenters. The van der Waals surface area contributed by atoms with E-state index in [2.05, 4.69) is 32.6 Å². The summed E-state index contributed by atoms with van der Waals surface area (Å²) in [5, 5.41) is 0. The number of rotatable bonds is 30. The fraction of sp³-hybridized carbons (Fsp3) is 0.359. The van der Waals surface area contributed by atoms with E-state index in [1.54, 1.807) is 72.8 Å². The average molecular weight is 825 g/mol. The lowest BCUT2D eigenvalue weighted by atomic mass is 10.2. The van der Waals surface area contributed by atoms with Gasteiger partial charge in [-0.3, -0.25) is 45.0 Å². The molecule has 0 saturated heterocycles. The van der Waals surface area contributed by atoms with Crippen LogP contribution in [0.4, 0.5) is 0 Å². The summed E-state index contributed by atoms with van der Waals surface area (Å²) in [5.74, 6) is -3.97. The number of hydrogen-bond acceptors (Lipinski definition) is 17. The minimum atomic E-state index is -1.16. The Balaban J connectivity index is 1.45. The zero-order valence-corrected chi connectivity index (χ0v) is 32.1. The fourth-order valence-electron chi connectivity index (χ4n) is 4.53. The quantitative estimate of drug-likeness (QED) is 0.0206. The van der Waals surface area contributed by atoms with E-state index in [9.17, 15) is 33.6 Å². The van der Waals surface area contributed by atoms with Gasteiger partial charge in [-0.05, 0) is 16.7 Å². The summed E-state index contributed by atoms with van der Waals surface area (Å²) in [6, 6.07) is 27.0. The van der Waals surface area contributed by atoms with E-state index in [-0.39, 0.29) is 52.7 Å². The molecule has 0 aliphatic heterocycles. The van der Waals surface area contributed by atoms with Crippen LogP contribution >= 0.6 is 0 Å². The molecule has 2 atom stereocenters. The lowest BCUT2D eigenvalue weighted by Crippen LogP contribution is -2.47. The van der Waals surface area contributed by atoms with Crippen LogP contribution in [0.2, 0.25) is 0 Å². The summed E-state index contributed by atoms with van der Waals surface area (Å²) in [7, 11) is 0. The summed E-state index contributed by atoms with van der Waals surface area (Å²) in [6.07, 6.45) is -1.83. The number of nitrogens with one attached hydrogen (secondary N) is 6. The third-order valence-electron chi connectivity index (χ3n) is 7.36. The standard InChI is InChI=1S/C39H48N6O14/c46-16-17-55-32(24-53-26-34(47)43-40-18-37(50)57-21-29-10-4-1-5-11-29)33(56-28-36(49)45-42-20-39(52)59-23-31-14-8-3-9-15-31)25-54-27-35(48)44-41-19-38(51)58-22-30-12-6-2-7-13-30/h1-16,32-33,40-42H,17-28H2,(H,43,47)(H,44,48)(H,45,49). The lowest BCUT2D eigenvalue weighted by molar-refractivity contribution is -0.153. The van der Waals surface area contributed by atoms with Crippen molar-refractivity contribution in [1.29, 1.82) is 0 Å². The van der Waals surface area contributed by atoms with Crippen molar-refractivity contribution in [3.63, 3.8) is 0 Å². The molecule has 0 bridgehead atoms. The van der Waals surface area contributed by atoms with Gasteiger partial charge in [0.1, 0.15) is 84.4 Å². The van der Waals surface area contributed by atoms with Gasteiger partial charge < -0.3 is 38.0 Å². The highest BCUT2D eigenvalue weighted by molar-refractivity contribution is 5.79. The number of carbonyl (C=O) groups excluding carboxylic acids is 7. The molecule has 0 spiro atoms. The van der Waals surface area contributed by atoms with Crippen molar-refractivity contribution in [3.05, 3.63) is 108 Å². The van der Waals surface area contributed by atoms with Crippen LogP contribution in [-0.2, 0) is 86.5 Å². The van der Waals surface area contributed by atoms with Gasteiger partial charge in [-0.15, -0.1) is 0 Å². The van der Waals surface area contributed by atoms with Gasteiger partial charge in [-0.1, -0.05) is 91.0 Å². The summed E-state index contributed by atoms with van der Waals surface area (Å²) >= 11 is 0. The van der Waals surface area contributed by atoms with Gasteiger partial charge in [0, 0.05) is 0 Å². The van der Waals surface area contributed by atoms with Gasteiger partial charge in [-0.2, -0.15) is 0 Å². The van der Waals surface area contributed by atoms with E-state index in [0.29, 0.717) is 6.29 Å². The van der Waals surface area contributed by atoms with Crippen LogP contribution in [0.5, 0.6) is 0 Å². The molecule has 3 aromatic carbocycles. The highest BCUT2D eigenvalue weighted by atomic mass is 16.6. The minimum Gasteiger partial charge on any atom is -0.460 e. The first-order chi connectivity index (χ1) is 28.7. The Kier molecular flexibility index (Phi) is 23.3. The molecule has 0 fully saturated rings. The van der Waals surface area contributed by atoms with E-state index >= 15 is 0 Å². The van der Waals surface area contributed by atoms with Gasteiger partial charge in [-0.25, -0.2) is 16.3 Å². The van der Waals surface area contributed by atoms with E-state index in [4.69, 9.17) is 33.2 Å². The van der Waals surface area contributed by atoms with Gasteiger partial charge in [0.05, 0.1) is 13.2 Å². The molecule has 20 heteroatoms. The average Bonchev–Trinajstić information content (AvgIpc) is 3.25. The van der Waals surface area contributed by atoms with Crippen LogP contribution < -0.4 is 32.6 Å². The number of esters is 3. The number of carbonyl (C=O) groups is 7. The second-order valence-corrected chi connectivity index (χ2v) is 12.1. The Hall–Kier alpha value is -6.13. The molecule has 318 valence electrons. The third-order valence-corrected chi connectivity index (χ3v) is 7.36. The van der Waals surface area contributed by atoms with Gasteiger partial charge in [0.2, 0.25) is 0 Å². The first-order valence-corrected chi connectivity index (χ1v) is 18.2. The number of amides is 3. The van der Waals surface area contributed by atoms with Crippen molar-refractivity contribution in [2.75, 3.05) is 59.3 Å². The van der Waals surface area contributed by atoms with Crippen molar-refractivity contribution in [3.8, 4) is 0 Å². The van der Waals surface area contributed by atoms with Crippen LogP contribution in [0.25, 0.3) is 0 Å². The van der Waals surface area contributed by atoms with Crippen molar-refractivity contribution in [2.45, 2.75) is 32.0 Å². The molecule has 0 aliphatic carbocycles. The smallest absolute Gasteiger partial charge is 0.322 e. The molecule has 0 radical (unpaired) electrons. The first kappa shape index (κ1) is 47.2. The molecule has 0 aromatic heterocycles. The highest BCUT2D eigenvalue weighted by Crippen LogP contribution is 2.08. The Labute approximate surface area is 339 Å². The van der Waals surface area contributed by atoms with Crippen molar-refractivity contribution >= 4 is 41.9 Å². The number of benzene rings is 3. The van der Waals surface area contributed by atoms with E-state index in [1.807, 2.05) is 18.2 Å². The molecular weight excluding hydrogens is 776 g/mol. The van der Waals surface area contributed by atoms with E-state index in [1.165, 1.54) is 0 Å². The molecular formula is C39H48N6O14. The van der Waals surface area contributed by atoms with Crippen molar-refractivity contribution in [1.82, 2.24) is 32.6 Å². The Bertz CT molecular complexity index is 1720. The minimum absolute atomic E-state index is 0.0434.